The molecule has 18 heavy (non-hydrogen) atoms. The van der Waals surface area contributed by atoms with Crippen molar-refractivity contribution in [2.24, 2.45) is 11.3 Å². The lowest BCUT2D eigenvalue weighted by molar-refractivity contribution is -0.126. The molecular weight excluding hydrogens is 341 g/mol. The van der Waals surface area contributed by atoms with Crippen LogP contribution < -0.4 is 4.90 Å². The first-order valence-electron chi connectivity index (χ1n) is 5.99. The first-order valence-corrected chi connectivity index (χ1v) is 7.07. The van der Waals surface area contributed by atoms with Crippen LogP contribution in [0, 0.1) is 14.9 Å². The van der Waals surface area contributed by atoms with E-state index in [0.29, 0.717) is 12.1 Å². The molecule has 1 atom stereocenters. The van der Waals surface area contributed by atoms with Gasteiger partial charge in [-0.15, -0.1) is 0 Å². The molecule has 4 heteroatoms. The van der Waals surface area contributed by atoms with Crippen molar-refractivity contribution in [1.29, 1.82) is 0 Å². The van der Waals surface area contributed by atoms with Gasteiger partial charge in [-0.3, -0.25) is 14.5 Å². The number of benzene rings is 1. The van der Waals surface area contributed by atoms with E-state index in [1.807, 2.05) is 45.0 Å². The van der Waals surface area contributed by atoms with Gasteiger partial charge in [-0.1, -0.05) is 19.9 Å². The van der Waals surface area contributed by atoms with Crippen LogP contribution in [0.1, 0.15) is 27.2 Å². The second-order valence-corrected chi connectivity index (χ2v) is 6.51. The smallest absolute Gasteiger partial charge is 0.240 e. The number of carbonyl (C=O) groups excluding carboxylic acids is 2. The molecule has 0 aromatic heterocycles. The van der Waals surface area contributed by atoms with Gasteiger partial charge in [-0.25, -0.2) is 0 Å². The van der Waals surface area contributed by atoms with Crippen LogP contribution in [-0.4, -0.2) is 11.8 Å². The van der Waals surface area contributed by atoms with Crippen molar-refractivity contribution in [3.8, 4) is 0 Å². The molecule has 3 nitrogen and oxygen atoms in total. The molecule has 96 valence electrons. The number of halogens is 1. The van der Waals surface area contributed by atoms with Crippen molar-refractivity contribution < 1.29 is 9.59 Å². The first-order chi connectivity index (χ1) is 8.36. The summed E-state index contributed by atoms with van der Waals surface area (Å²) in [5.41, 5.74) is 0.111. The molecule has 1 aliphatic heterocycles. The first kappa shape index (κ1) is 13.5. The van der Waals surface area contributed by atoms with Crippen molar-refractivity contribution in [1.82, 2.24) is 0 Å². The molecular formula is C14H16INO2. The summed E-state index contributed by atoms with van der Waals surface area (Å²) in [6.07, 6.45) is 0.301. The third kappa shape index (κ3) is 2.06. The average molecular weight is 357 g/mol. The van der Waals surface area contributed by atoms with Crippen LogP contribution in [0.4, 0.5) is 5.69 Å². The molecule has 0 saturated carbocycles. The Labute approximate surface area is 121 Å². The van der Waals surface area contributed by atoms with Crippen LogP contribution in [0.15, 0.2) is 24.3 Å². The number of anilines is 1. The minimum Gasteiger partial charge on any atom is -0.274 e. The lowest BCUT2D eigenvalue weighted by Crippen LogP contribution is -2.36. The predicted molar refractivity (Wildman–Crippen MR) is 79.2 cm³/mol. The zero-order valence-corrected chi connectivity index (χ0v) is 12.9. The second-order valence-electron chi connectivity index (χ2n) is 5.26. The fourth-order valence-corrected chi connectivity index (χ4v) is 2.69. The summed E-state index contributed by atoms with van der Waals surface area (Å²) in [7, 11) is 0. The van der Waals surface area contributed by atoms with Crippen molar-refractivity contribution in [3.05, 3.63) is 27.8 Å². The Balaban J connectivity index is 2.42. The van der Waals surface area contributed by atoms with Gasteiger partial charge in [0.25, 0.3) is 0 Å². The van der Waals surface area contributed by atoms with Crippen LogP contribution >= 0.6 is 22.6 Å². The molecule has 2 rings (SSSR count). The Kier molecular flexibility index (Phi) is 3.49. The zero-order chi connectivity index (χ0) is 13.5. The van der Waals surface area contributed by atoms with E-state index < -0.39 is 5.41 Å². The van der Waals surface area contributed by atoms with Crippen LogP contribution in [-0.2, 0) is 9.59 Å². The highest BCUT2D eigenvalue weighted by Crippen LogP contribution is 2.41. The van der Waals surface area contributed by atoms with Crippen LogP contribution in [0.5, 0.6) is 0 Å². The topological polar surface area (TPSA) is 37.4 Å². The quantitative estimate of drug-likeness (QED) is 0.602. The number of hydrogen-bond acceptors (Lipinski definition) is 2. The van der Waals surface area contributed by atoms with Gasteiger partial charge in [0.15, 0.2) is 0 Å². The van der Waals surface area contributed by atoms with Gasteiger partial charge in [-0.05, 0) is 53.6 Å². The molecule has 1 aromatic rings. The van der Waals surface area contributed by atoms with Crippen molar-refractivity contribution in [2.75, 3.05) is 4.90 Å². The van der Waals surface area contributed by atoms with Gasteiger partial charge in [-0.2, -0.15) is 0 Å². The Morgan fingerprint density at radius 1 is 1.33 bits per heavy atom. The third-order valence-corrected chi connectivity index (χ3v) is 4.47. The number of imide groups is 1. The van der Waals surface area contributed by atoms with E-state index >= 15 is 0 Å². The Morgan fingerprint density at radius 2 is 2.00 bits per heavy atom. The van der Waals surface area contributed by atoms with Crippen LogP contribution in [0.25, 0.3) is 0 Å². The predicted octanol–water partition coefficient (Wildman–Crippen LogP) is 3.22. The monoisotopic (exact) mass is 357 g/mol. The molecule has 0 radical (unpaired) electrons. The summed E-state index contributed by atoms with van der Waals surface area (Å²) in [6.45, 7) is 5.86. The Morgan fingerprint density at radius 3 is 2.50 bits per heavy atom. The molecule has 1 saturated heterocycles. The molecule has 1 heterocycles. The third-order valence-electron chi connectivity index (χ3n) is 3.80. The highest BCUT2D eigenvalue weighted by atomic mass is 127. The van der Waals surface area contributed by atoms with Gasteiger partial charge in [0.2, 0.25) is 11.8 Å². The normalized spacial score (nSPS) is 24.2. The molecule has 0 spiro atoms. The van der Waals surface area contributed by atoms with E-state index in [4.69, 9.17) is 0 Å². The fourth-order valence-electron chi connectivity index (χ4n) is 2.17. The standard InChI is InChI=1S/C14H16INO2/c1-9(2)14(3)8-12(17)16(13(14)18)11-6-4-5-10(15)7-11/h4-7,9H,8H2,1-3H3. The lowest BCUT2D eigenvalue weighted by atomic mass is 9.78. The number of carbonyl (C=O) groups is 2. The van der Waals surface area contributed by atoms with Gasteiger partial charge in [0.1, 0.15) is 0 Å². The average Bonchev–Trinajstić information content (AvgIpc) is 2.51. The zero-order valence-electron chi connectivity index (χ0n) is 10.7. The van der Waals surface area contributed by atoms with Gasteiger partial charge in [0, 0.05) is 9.99 Å². The maximum Gasteiger partial charge on any atom is 0.240 e. The minimum atomic E-state index is -0.571. The lowest BCUT2D eigenvalue weighted by Gasteiger charge is -2.26. The number of rotatable bonds is 2. The van der Waals surface area contributed by atoms with E-state index in [2.05, 4.69) is 22.6 Å². The van der Waals surface area contributed by atoms with E-state index in [-0.39, 0.29) is 17.7 Å². The highest BCUT2D eigenvalue weighted by molar-refractivity contribution is 14.1. The van der Waals surface area contributed by atoms with E-state index in [0.717, 1.165) is 3.57 Å². The Hall–Kier alpha value is -0.910. The second kappa shape index (κ2) is 4.64. The summed E-state index contributed by atoms with van der Waals surface area (Å²) >= 11 is 2.18. The van der Waals surface area contributed by atoms with E-state index in [9.17, 15) is 9.59 Å². The summed E-state index contributed by atoms with van der Waals surface area (Å²) in [4.78, 5) is 25.9. The molecule has 0 N–H and O–H groups in total. The molecule has 2 amide bonds. The summed E-state index contributed by atoms with van der Waals surface area (Å²) in [5, 5.41) is 0. The van der Waals surface area contributed by atoms with Crippen molar-refractivity contribution >= 4 is 40.1 Å². The maximum atomic E-state index is 12.5. The summed E-state index contributed by atoms with van der Waals surface area (Å²) in [5.74, 6) is -0.0237. The Bertz CT molecular complexity index is 512. The van der Waals surface area contributed by atoms with Crippen LogP contribution in [0.3, 0.4) is 0 Å². The largest absolute Gasteiger partial charge is 0.274 e. The van der Waals surface area contributed by atoms with Gasteiger partial charge >= 0.3 is 0 Å². The van der Waals surface area contributed by atoms with E-state index in [1.165, 1.54) is 4.90 Å². The molecule has 1 unspecified atom stereocenters. The number of nitrogens with zero attached hydrogens (tertiary/aromatic N) is 1. The van der Waals surface area contributed by atoms with Gasteiger partial charge < -0.3 is 0 Å². The number of hydrogen-bond donors (Lipinski definition) is 0. The summed E-state index contributed by atoms with van der Waals surface area (Å²) < 4.78 is 1.02. The van der Waals surface area contributed by atoms with Crippen molar-refractivity contribution in [3.63, 3.8) is 0 Å². The fraction of sp³-hybridized carbons (Fsp3) is 0.429. The summed E-state index contributed by atoms with van der Waals surface area (Å²) in [6, 6.07) is 7.48. The highest BCUT2D eigenvalue weighted by Gasteiger charge is 2.50. The molecule has 1 aliphatic rings. The number of amides is 2. The van der Waals surface area contributed by atoms with E-state index in [1.54, 1.807) is 0 Å². The molecule has 0 bridgehead atoms. The molecule has 0 aliphatic carbocycles. The van der Waals surface area contributed by atoms with Gasteiger partial charge in [0.05, 0.1) is 11.1 Å². The maximum absolute atomic E-state index is 12.5. The SMILES string of the molecule is CC(C)C1(C)CC(=O)N(c2cccc(I)c2)C1=O. The minimum absolute atomic E-state index is 0.0792. The van der Waals surface area contributed by atoms with Crippen LogP contribution in [0.2, 0.25) is 0 Å². The molecule has 1 fully saturated rings. The van der Waals surface area contributed by atoms with Crippen molar-refractivity contribution in [2.45, 2.75) is 27.2 Å². The molecule has 1 aromatic carbocycles.